The van der Waals surface area contributed by atoms with E-state index in [1.807, 2.05) is 0 Å². The van der Waals surface area contributed by atoms with Gasteiger partial charge in [0, 0.05) is 11.4 Å². The zero-order valence-electron chi connectivity index (χ0n) is 17.6. The first-order valence-corrected chi connectivity index (χ1v) is 11.2. The summed E-state index contributed by atoms with van der Waals surface area (Å²) in [7, 11) is -4.10. The number of halogens is 2. The number of sulfonamides is 1. The second kappa shape index (κ2) is 9.78. The molecule has 0 spiro atoms. The van der Waals surface area contributed by atoms with Crippen molar-refractivity contribution in [3.05, 3.63) is 89.5 Å². The number of anilines is 2. The van der Waals surface area contributed by atoms with E-state index in [1.54, 1.807) is 0 Å². The fourth-order valence-corrected chi connectivity index (χ4v) is 3.78. The van der Waals surface area contributed by atoms with Crippen LogP contribution in [0.25, 0.3) is 0 Å². The number of rotatable bonds is 7. The highest BCUT2D eigenvalue weighted by Crippen LogP contribution is 2.20. The fourth-order valence-electron chi connectivity index (χ4n) is 2.72. The molecule has 2 N–H and O–H groups in total. The molecule has 0 aliphatic heterocycles. The number of benzene rings is 3. The summed E-state index contributed by atoms with van der Waals surface area (Å²) in [6.07, 6.45) is -1.18. The Morgan fingerprint density at radius 3 is 2.30 bits per heavy atom. The zero-order chi connectivity index (χ0) is 24.2. The van der Waals surface area contributed by atoms with E-state index in [2.05, 4.69) is 10.0 Å². The van der Waals surface area contributed by atoms with Crippen LogP contribution in [-0.4, -0.2) is 26.4 Å². The van der Waals surface area contributed by atoms with Crippen molar-refractivity contribution in [2.24, 2.45) is 0 Å². The SMILES string of the molecule is Cc1ccc(S(=O)(=O)Nc2cccc(C(=O)OC(C)C(=O)Nc3ccc(F)cc3)c2)cc1F. The van der Waals surface area contributed by atoms with Crippen molar-refractivity contribution in [2.45, 2.75) is 24.8 Å². The zero-order valence-corrected chi connectivity index (χ0v) is 18.5. The fraction of sp³-hybridized carbons (Fsp3) is 0.130. The molecule has 172 valence electrons. The third-order valence-corrected chi connectivity index (χ3v) is 5.95. The van der Waals surface area contributed by atoms with E-state index >= 15 is 0 Å². The van der Waals surface area contributed by atoms with Gasteiger partial charge in [-0.15, -0.1) is 0 Å². The van der Waals surface area contributed by atoms with Crippen molar-refractivity contribution in [1.29, 1.82) is 0 Å². The highest BCUT2D eigenvalue weighted by atomic mass is 32.2. The van der Waals surface area contributed by atoms with E-state index in [4.69, 9.17) is 4.74 Å². The van der Waals surface area contributed by atoms with Gasteiger partial charge >= 0.3 is 5.97 Å². The molecule has 0 aliphatic rings. The van der Waals surface area contributed by atoms with Crippen LogP contribution in [0.5, 0.6) is 0 Å². The topological polar surface area (TPSA) is 102 Å². The van der Waals surface area contributed by atoms with Crippen molar-refractivity contribution in [3.63, 3.8) is 0 Å². The van der Waals surface area contributed by atoms with Crippen LogP contribution < -0.4 is 10.0 Å². The van der Waals surface area contributed by atoms with Crippen LogP contribution in [0.2, 0.25) is 0 Å². The summed E-state index contributed by atoms with van der Waals surface area (Å²) >= 11 is 0. The van der Waals surface area contributed by atoms with Crippen molar-refractivity contribution in [3.8, 4) is 0 Å². The lowest BCUT2D eigenvalue weighted by Crippen LogP contribution is -2.30. The first-order chi connectivity index (χ1) is 15.5. The van der Waals surface area contributed by atoms with Crippen LogP contribution in [0.15, 0.2) is 71.6 Å². The van der Waals surface area contributed by atoms with Crippen molar-refractivity contribution >= 4 is 33.3 Å². The number of amides is 1. The van der Waals surface area contributed by atoms with Gasteiger partial charge in [-0.25, -0.2) is 22.0 Å². The van der Waals surface area contributed by atoms with Crippen LogP contribution in [0.4, 0.5) is 20.2 Å². The molecular formula is C23H20F2N2O5S. The van der Waals surface area contributed by atoms with Crippen molar-refractivity contribution in [2.75, 3.05) is 10.0 Å². The lowest BCUT2D eigenvalue weighted by molar-refractivity contribution is -0.123. The summed E-state index contributed by atoms with van der Waals surface area (Å²) in [6.45, 7) is 2.87. The first kappa shape index (κ1) is 23.9. The molecule has 0 radical (unpaired) electrons. The second-order valence-electron chi connectivity index (χ2n) is 7.14. The number of hydrogen-bond donors (Lipinski definition) is 2. The molecule has 10 heteroatoms. The number of carbonyl (C=O) groups is 2. The van der Waals surface area contributed by atoms with E-state index in [-0.39, 0.29) is 16.1 Å². The Morgan fingerprint density at radius 1 is 0.939 bits per heavy atom. The molecule has 0 aromatic heterocycles. The Balaban J connectivity index is 1.67. The molecule has 0 heterocycles. The lowest BCUT2D eigenvalue weighted by Gasteiger charge is -2.14. The number of ether oxygens (including phenoxy) is 1. The van der Waals surface area contributed by atoms with Crippen molar-refractivity contribution in [1.82, 2.24) is 0 Å². The molecule has 33 heavy (non-hydrogen) atoms. The lowest BCUT2D eigenvalue weighted by atomic mass is 10.2. The minimum atomic E-state index is -4.10. The van der Waals surface area contributed by atoms with E-state index in [1.165, 1.54) is 74.5 Å². The largest absolute Gasteiger partial charge is 0.449 e. The normalized spacial score (nSPS) is 12.0. The Kier molecular flexibility index (Phi) is 7.07. The summed E-state index contributed by atoms with van der Waals surface area (Å²) in [4.78, 5) is 24.4. The molecule has 0 saturated carbocycles. The maximum Gasteiger partial charge on any atom is 0.338 e. The quantitative estimate of drug-likeness (QED) is 0.499. The summed E-state index contributed by atoms with van der Waals surface area (Å²) in [5.41, 5.74) is 0.671. The van der Waals surface area contributed by atoms with Gasteiger partial charge in [-0.05, 0) is 74.0 Å². The van der Waals surface area contributed by atoms with E-state index < -0.39 is 39.6 Å². The van der Waals surface area contributed by atoms with E-state index in [9.17, 15) is 26.8 Å². The molecular weight excluding hydrogens is 454 g/mol. The molecule has 0 aliphatic carbocycles. The molecule has 0 saturated heterocycles. The van der Waals surface area contributed by atoms with Gasteiger partial charge in [0.1, 0.15) is 11.6 Å². The van der Waals surface area contributed by atoms with Crippen LogP contribution in [0.1, 0.15) is 22.8 Å². The number of esters is 1. The van der Waals surface area contributed by atoms with Gasteiger partial charge in [-0.3, -0.25) is 9.52 Å². The van der Waals surface area contributed by atoms with E-state index in [0.29, 0.717) is 11.3 Å². The number of aryl methyl sites for hydroxylation is 1. The van der Waals surface area contributed by atoms with Gasteiger partial charge in [0.15, 0.2) is 6.10 Å². The Morgan fingerprint density at radius 2 is 1.64 bits per heavy atom. The van der Waals surface area contributed by atoms with Gasteiger partial charge in [-0.2, -0.15) is 0 Å². The Bertz CT molecular complexity index is 1290. The third-order valence-electron chi connectivity index (χ3n) is 4.57. The minimum Gasteiger partial charge on any atom is -0.449 e. The minimum absolute atomic E-state index is 0.00767. The third kappa shape index (κ3) is 6.13. The highest BCUT2D eigenvalue weighted by Gasteiger charge is 2.21. The van der Waals surface area contributed by atoms with Crippen LogP contribution in [0, 0.1) is 18.6 Å². The second-order valence-corrected chi connectivity index (χ2v) is 8.82. The van der Waals surface area contributed by atoms with Crippen LogP contribution in [0.3, 0.4) is 0 Å². The monoisotopic (exact) mass is 474 g/mol. The molecule has 7 nitrogen and oxygen atoms in total. The summed E-state index contributed by atoms with van der Waals surface area (Å²) < 4.78 is 59.2. The van der Waals surface area contributed by atoms with Crippen LogP contribution in [-0.2, 0) is 19.6 Å². The molecule has 3 rings (SSSR count). The Labute approximate surface area is 189 Å². The summed E-state index contributed by atoms with van der Waals surface area (Å²) in [5, 5.41) is 2.49. The van der Waals surface area contributed by atoms with Gasteiger partial charge < -0.3 is 10.1 Å². The summed E-state index contributed by atoms with van der Waals surface area (Å²) in [5.74, 6) is -2.62. The Hall–Kier alpha value is -3.79. The first-order valence-electron chi connectivity index (χ1n) is 9.71. The predicted molar refractivity (Wildman–Crippen MR) is 118 cm³/mol. The molecule has 0 fully saturated rings. The number of hydrogen-bond acceptors (Lipinski definition) is 5. The molecule has 1 amide bonds. The highest BCUT2D eigenvalue weighted by molar-refractivity contribution is 7.92. The number of carbonyl (C=O) groups excluding carboxylic acids is 2. The maximum absolute atomic E-state index is 13.8. The molecule has 1 unspecified atom stereocenters. The van der Waals surface area contributed by atoms with Crippen molar-refractivity contribution < 1.29 is 31.5 Å². The van der Waals surface area contributed by atoms with Crippen LogP contribution >= 0.6 is 0 Å². The maximum atomic E-state index is 13.8. The molecule has 3 aromatic rings. The summed E-state index contributed by atoms with van der Waals surface area (Å²) in [6, 6.07) is 14.0. The van der Waals surface area contributed by atoms with Gasteiger partial charge in [0.25, 0.3) is 15.9 Å². The molecule has 0 bridgehead atoms. The molecule has 3 aromatic carbocycles. The van der Waals surface area contributed by atoms with Gasteiger partial charge in [0.05, 0.1) is 10.5 Å². The standard InChI is InChI=1S/C23H20F2N2O5S/c1-14-6-11-20(13-21(14)25)33(30,31)27-19-5-3-4-16(12-19)23(29)32-15(2)22(28)26-18-9-7-17(24)8-10-18/h3-13,15,27H,1-2H3,(H,26,28). The average molecular weight is 474 g/mol. The van der Waals surface area contributed by atoms with Gasteiger partial charge in [-0.1, -0.05) is 12.1 Å². The number of nitrogens with one attached hydrogen (secondary N) is 2. The van der Waals surface area contributed by atoms with E-state index in [0.717, 1.165) is 6.07 Å². The smallest absolute Gasteiger partial charge is 0.338 e. The average Bonchev–Trinajstić information content (AvgIpc) is 2.77. The van der Waals surface area contributed by atoms with Gasteiger partial charge in [0.2, 0.25) is 0 Å². The predicted octanol–water partition coefficient (Wildman–Crippen LogP) is 4.26. The molecule has 1 atom stereocenters.